The third-order valence-electron chi connectivity index (χ3n) is 4.12. The Kier molecular flexibility index (Phi) is 4.51. The summed E-state index contributed by atoms with van der Waals surface area (Å²) in [6.07, 6.45) is 0.570. The average Bonchev–Trinajstić information content (AvgIpc) is 2.89. The molecule has 25 heavy (non-hydrogen) atoms. The highest BCUT2D eigenvalue weighted by molar-refractivity contribution is 7.93. The van der Waals surface area contributed by atoms with Gasteiger partial charge in [0.2, 0.25) is 10.0 Å². The maximum absolute atomic E-state index is 12.7. The van der Waals surface area contributed by atoms with E-state index in [0.29, 0.717) is 29.9 Å². The number of hydrogen-bond donors (Lipinski definition) is 1. The number of rotatable bonds is 4. The first kappa shape index (κ1) is 17.8. The molecule has 6 nitrogen and oxygen atoms in total. The molecule has 2 aromatic rings. The minimum absolute atomic E-state index is 0.117. The molecule has 1 aliphatic heterocycles. The number of sulfonamides is 2. The third-order valence-corrected chi connectivity index (χ3v) is 7.51. The van der Waals surface area contributed by atoms with Crippen LogP contribution < -0.4 is 9.03 Å². The van der Waals surface area contributed by atoms with Gasteiger partial charge in [-0.2, -0.15) is 0 Å². The summed E-state index contributed by atoms with van der Waals surface area (Å²) in [7, 11) is -7.06. The molecular weight excluding hydrogens is 360 g/mol. The normalized spacial score (nSPS) is 16.8. The highest BCUT2D eigenvalue weighted by Gasteiger charge is 2.28. The maximum Gasteiger partial charge on any atom is 0.262 e. The Hall–Kier alpha value is -2.06. The Labute approximate surface area is 148 Å². The van der Waals surface area contributed by atoms with Crippen LogP contribution in [0.1, 0.15) is 17.5 Å². The Morgan fingerprint density at radius 1 is 1.08 bits per heavy atom. The van der Waals surface area contributed by atoms with E-state index in [0.717, 1.165) is 5.56 Å². The summed E-state index contributed by atoms with van der Waals surface area (Å²) >= 11 is 0. The molecule has 0 bridgehead atoms. The minimum Gasteiger partial charge on any atom is -0.280 e. The SMILES string of the molecule is Cc1ccc(C)c(S(=O)(=O)Nc2cccc(N3CCCS3(=O)=O)c2)c1. The van der Waals surface area contributed by atoms with Gasteiger partial charge in [0.1, 0.15) is 0 Å². The molecule has 1 fully saturated rings. The molecule has 2 aromatic carbocycles. The van der Waals surface area contributed by atoms with Crippen LogP contribution in [0, 0.1) is 13.8 Å². The molecule has 8 heteroatoms. The smallest absolute Gasteiger partial charge is 0.262 e. The lowest BCUT2D eigenvalue weighted by Crippen LogP contribution is -2.25. The number of aryl methyl sites for hydroxylation is 2. The number of nitrogens with one attached hydrogen (secondary N) is 1. The fourth-order valence-corrected chi connectivity index (χ4v) is 5.80. The largest absolute Gasteiger partial charge is 0.280 e. The zero-order chi connectivity index (χ0) is 18.2. The molecule has 0 spiro atoms. The predicted octanol–water partition coefficient (Wildman–Crippen LogP) is 2.64. The van der Waals surface area contributed by atoms with Crippen molar-refractivity contribution in [2.24, 2.45) is 0 Å². The van der Waals surface area contributed by atoms with Gasteiger partial charge in [-0.3, -0.25) is 9.03 Å². The summed E-state index contributed by atoms with van der Waals surface area (Å²) in [5, 5.41) is 0. The molecule has 1 N–H and O–H groups in total. The Morgan fingerprint density at radius 2 is 1.84 bits per heavy atom. The lowest BCUT2D eigenvalue weighted by molar-refractivity contribution is 0.598. The summed E-state index contributed by atoms with van der Waals surface area (Å²) in [5.41, 5.74) is 2.30. The van der Waals surface area contributed by atoms with Crippen LogP contribution in [-0.2, 0) is 20.0 Å². The molecule has 0 atom stereocenters. The van der Waals surface area contributed by atoms with Gasteiger partial charge < -0.3 is 0 Å². The van der Waals surface area contributed by atoms with Crippen LogP contribution in [0.5, 0.6) is 0 Å². The Balaban J connectivity index is 1.93. The van der Waals surface area contributed by atoms with Crippen molar-refractivity contribution >= 4 is 31.4 Å². The maximum atomic E-state index is 12.7. The van der Waals surface area contributed by atoms with Gasteiger partial charge in [0.05, 0.1) is 22.0 Å². The van der Waals surface area contributed by atoms with E-state index in [4.69, 9.17) is 0 Å². The van der Waals surface area contributed by atoms with Gasteiger partial charge in [-0.1, -0.05) is 18.2 Å². The van der Waals surface area contributed by atoms with Crippen molar-refractivity contribution in [3.05, 3.63) is 53.6 Å². The Bertz CT molecular complexity index is 1010. The van der Waals surface area contributed by atoms with Gasteiger partial charge in [0.15, 0.2) is 0 Å². The molecule has 134 valence electrons. The number of benzene rings is 2. The van der Waals surface area contributed by atoms with Crippen molar-refractivity contribution in [2.75, 3.05) is 21.3 Å². The molecule has 0 aliphatic carbocycles. The standard InChI is InChI=1S/C17H20N2O4S2/c1-13-7-8-14(2)17(11-13)25(22,23)18-15-5-3-6-16(12-15)19-9-4-10-24(19,20)21/h3,5-8,11-12,18H,4,9-10H2,1-2H3. The van der Waals surface area contributed by atoms with E-state index in [1.807, 2.05) is 13.0 Å². The predicted molar refractivity (Wildman–Crippen MR) is 98.9 cm³/mol. The number of nitrogens with zero attached hydrogens (tertiary/aromatic N) is 1. The van der Waals surface area contributed by atoms with Crippen LogP contribution in [0.15, 0.2) is 47.4 Å². The first-order valence-corrected chi connectivity index (χ1v) is 11.0. The van der Waals surface area contributed by atoms with Crippen LogP contribution in [-0.4, -0.2) is 29.1 Å². The van der Waals surface area contributed by atoms with Gasteiger partial charge in [0, 0.05) is 6.54 Å². The first-order valence-electron chi connectivity index (χ1n) is 7.90. The van der Waals surface area contributed by atoms with Gasteiger partial charge in [-0.15, -0.1) is 0 Å². The molecule has 0 radical (unpaired) electrons. The second-order valence-electron chi connectivity index (χ2n) is 6.17. The number of anilines is 2. The van der Waals surface area contributed by atoms with Crippen molar-refractivity contribution in [3.63, 3.8) is 0 Å². The fourth-order valence-electron chi connectivity index (χ4n) is 2.86. The van der Waals surface area contributed by atoms with Gasteiger partial charge >= 0.3 is 0 Å². The molecule has 0 unspecified atom stereocenters. The van der Waals surface area contributed by atoms with Gasteiger partial charge in [-0.25, -0.2) is 16.8 Å². The van der Waals surface area contributed by atoms with E-state index in [2.05, 4.69) is 4.72 Å². The highest BCUT2D eigenvalue weighted by atomic mass is 32.2. The van der Waals surface area contributed by atoms with Crippen molar-refractivity contribution < 1.29 is 16.8 Å². The third kappa shape index (κ3) is 3.64. The zero-order valence-electron chi connectivity index (χ0n) is 14.1. The van der Waals surface area contributed by atoms with Gasteiger partial charge in [0.25, 0.3) is 10.0 Å². The second-order valence-corrected chi connectivity index (χ2v) is 9.83. The van der Waals surface area contributed by atoms with Crippen LogP contribution in [0.4, 0.5) is 11.4 Å². The molecule has 0 amide bonds. The lowest BCUT2D eigenvalue weighted by atomic mass is 10.2. The fraction of sp³-hybridized carbons (Fsp3) is 0.294. The minimum atomic E-state index is -3.75. The van der Waals surface area contributed by atoms with Gasteiger partial charge in [-0.05, 0) is 55.7 Å². The lowest BCUT2D eigenvalue weighted by Gasteiger charge is -2.18. The van der Waals surface area contributed by atoms with Crippen LogP contribution in [0.3, 0.4) is 0 Å². The van der Waals surface area contributed by atoms with Crippen LogP contribution in [0.2, 0.25) is 0 Å². The summed E-state index contributed by atoms with van der Waals surface area (Å²) in [6.45, 7) is 3.98. The molecule has 0 saturated carbocycles. The molecule has 1 saturated heterocycles. The average molecular weight is 380 g/mol. The quantitative estimate of drug-likeness (QED) is 0.884. The second kappa shape index (κ2) is 6.34. The van der Waals surface area contributed by atoms with E-state index >= 15 is 0 Å². The van der Waals surface area contributed by atoms with Crippen molar-refractivity contribution in [1.29, 1.82) is 0 Å². The van der Waals surface area contributed by atoms with E-state index < -0.39 is 20.0 Å². The highest BCUT2D eigenvalue weighted by Crippen LogP contribution is 2.28. The van der Waals surface area contributed by atoms with Crippen LogP contribution >= 0.6 is 0 Å². The van der Waals surface area contributed by atoms with E-state index in [9.17, 15) is 16.8 Å². The van der Waals surface area contributed by atoms with Crippen molar-refractivity contribution in [2.45, 2.75) is 25.2 Å². The molecule has 1 aliphatic rings. The summed E-state index contributed by atoms with van der Waals surface area (Å²) in [4.78, 5) is 0.215. The molecule has 0 aromatic heterocycles. The number of hydrogen-bond acceptors (Lipinski definition) is 4. The van der Waals surface area contributed by atoms with E-state index in [1.54, 1.807) is 43.3 Å². The topological polar surface area (TPSA) is 83.6 Å². The van der Waals surface area contributed by atoms with E-state index in [1.165, 1.54) is 4.31 Å². The monoisotopic (exact) mass is 380 g/mol. The molecule has 3 rings (SSSR count). The summed E-state index contributed by atoms with van der Waals surface area (Å²) in [6, 6.07) is 11.7. The van der Waals surface area contributed by atoms with E-state index in [-0.39, 0.29) is 10.6 Å². The van der Waals surface area contributed by atoms with Crippen molar-refractivity contribution in [3.8, 4) is 0 Å². The van der Waals surface area contributed by atoms with Crippen molar-refractivity contribution in [1.82, 2.24) is 0 Å². The molecular formula is C17H20N2O4S2. The zero-order valence-corrected chi connectivity index (χ0v) is 15.7. The molecule has 1 heterocycles. The Morgan fingerprint density at radius 3 is 2.52 bits per heavy atom. The first-order chi connectivity index (χ1) is 11.7. The summed E-state index contributed by atoms with van der Waals surface area (Å²) in [5.74, 6) is 0.117. The summed E-state index contributed by atoms with van der Waals surface area (Å²) < 4.78 is 53.3. The van der Waals surface area contributed by atoms with Crippen LogP contribution in [0.25, 0.3) is 0 Å².